The summed E-state index contributed by atoms with van der Waals surface area (Å²) in [6.07, 6.45) is 4.92. The summed E-state index contributed by atoms with van der Waals surface area (Å²) in [4.78, 5) is 15.9. The van der Waals surface area contributed by atoms with Crippen LogP contribution in [-0.2, 0) is 0 Å². The van der Waals surface area contributed by atoms with Crippen molar-refractivity contribution < 1.29 is 4.79 Å². The second-order valence-corrected chi connectivity index (χ2v) is 5.78. The van der Waals surface area contributed by atoms with Gasteiger partial charge in [0.25, 0.3) is 5.91 Å². The zero-order valence-corrected chi connectivity index (χ0v) is 11.7. The second-order valence-electron chi connectivity index (χ2n) is 4.48. The molecule has 1 heterocycles. The minimum Gasteiger partial charge on any atom is -0.350 e. The van der Waals surface area contributed by atoms with Crippen LogP contribution in [0.1, 0.15) is 29.8 Å². The average Bonchev–Trinajstić information content (AvgIpc) is 3.08. The Hall–Kier alpha value is -0.610. The third-order valence-corrected chi connectivity index (χ3v) is 3.82. The fraction of sp³-hybridized carbons (Fsp3) is 0.500. The van der Waals surface area contributed by atoms with Crippen LogP contribution in [0.25, 0.3) is 0 Å². The van der Waals surface area contributed by atoms with Crippen LogP contribution in [0.2, 0.25) is 0 Å². The molecule has 0 unspecified atom stereocenters. The molecule has 1 aromatic heterocycles. The molecule has 1 saturated carbocycles. The first kappa shape index (κ1) is 12.8. The summed E-state index contributed by atoms with van der Waals surface area (Å²) in [6.45, 7) is 0.705. The van der Waals surface area contributed by atoms with E-state index in [1.54, 1.807) is 12.3 Å². The van der Waals surface area contributed by atoms with Crippen LogP contribution in [0.3, 0.4) is 0 Å². The van der Waals surface area contributed by atoms with Crippen molar-refractivity contribution in [3.05, 3.63) is 28.5 Å². The van der Waals surface area contributed by atoms with E-state index in [0.717, 1.165) is 23.7 Å². The predicted octanol–water partition coefficient (Wildman–Crippen LogP) is 2.98. The van der Waals surface area contributed by atoms with E-state index in [-0.39, 0.29) is 11.3 Å². The first-order valence-corrected chi connectivity index (χ1v) is 6.94. The lowest BCUT2D eigenvalue weighted by molar-refractivity contribution is 0.0939. The van der Waals surface area contributed by atoms with Crippen LogP contribution in [0, 0.1) is 5.41 Å². The van der Waals surface area contributed by atoms with E-state index in [0.29, 0.717) is 18.1 Å². The number of nitrogens with one attached hydrogen (secondary N) is 1. The third-order valence-electron chi connectivity index (χ3n) is 3.17. The first-order chi connectivity index (χ1) is 8.15. The van der Waals surface area contributed by atoms with Gasteiger partial charge in [0.15, 0.2) is 0 Å². The third kappa shape index (κ3) is 3.42. The topological polar surface area (TPSA) is 42.0 Å². The van der Waals surface area contributed by atoms with Gasteiger partial charge in [-0.2, -0.15) is 0 Å². The molecule has 1 amide bonds. The molecule has 1 fully saturated rings. The Morgan fingerprint density at radius 1 is 1.53 bits per heavy atom. The van der Waals surface area contributed by atoms with Crippen molar-refractivity contribution >= 4 is 33.4 Å². The summed E-state index contributed by atoms with van der Waals surface area (Å²) in [6, 6.07) is 3.52. The zero-order chi connectivity index (χ0) is 12.3. The van der Waals surface area contributed by atoms with Crippen LogP contribution in [0.4, 0.5) is 0 Å². The van der Waals surface area contributed by atoms with E-state index in [9.17, 15) is 4.79 Å². The molecule has 3 nitrogen and oxygen atoms in total. The van der Waals surface area contributed by atoms with E-state index in [2.05, 4.69) is 26.2 Å². The van der Waals surface area contributed by atoms with Crippen molar-refractivity contribution in [2.24, 2.45) is 5.41 Å². The van der Waals surface area contributed by atoms with Crippen LogP contribution in [-0.4, -0.2) is 23.3 Å². The van der Waals surface area contributed by atoms with E-state index in [4.69, 9.17) is 11.6 Å². The minimum absolute atomic E-state index is 0.113. The largest absolute Gasteiger partial charge is 0.350 e. The summed E-state index contributed by atoms with van der Waals surface area (Å²) >= 11 is 9.03. The Labute approximate surface area is 114 Å². The molecule has 0 radical (unpaired) electrons. The number of rotatable bonds is 5. The van der Waals surface area contributed by atoms with Gasteiger partial charge < -0.3 is 5.32 Å². The fourth-order valence-corrected chi connectivity index (χ4v) is 2.40. The molecule has 1 N–H and O–H groups in total. The minimum atomic E-state index is -0.113. The Morgan fingerprint density at radius 3 is 2.82 bits per heavy atom. The maximum Gasteiger partial charge on any atom is 0.269 e. The van der Waals surface area contributed by atoms with E-state index >= 15 is 0 Å². The number of aromatic nitrogens is 1. The molecule has 92 valence electrons. The molecule has 1 aliphatic carbocycles. The molecular formula is C12H14BrClN2O. The summed E-state index contributed by atoms with van der Waals surface area (Å²) < 4.78 is 0.870. The second kappa shape index (κ2) is 5.36. The summed E-state index contributed by atoms with van der Waals surface area (Å²) in [5.74, 6) is 0.546. The van der Waals surface area contributed by atoms with Gasteiger partial charge in [-0.25, -0.2) is 4.98 Å². The van der Waals surface area contributed by atoms with Gasteiger partial charge in [0.05, 0.1) is 0 Å². The van der Waals surface area contributed by atoms with Crippen molar-refractivity contribution in [1.29, 1.82) is 0 Å². The molecule has 0 bridgehead atoms. The molecule has 1 aromatic rings. The molecular weight excluding hydrogens is 304 g/mol. The number of pyridine rings is 1. The SMILES string of the molecule is O=C(NCC1(CCCl)CC1)c1ccc(Br)cn1. The highest BCUT2D eigenvalue weighted by Crippen LogP contribution is 2.48. The van der Waals surface area contributed by atoms with Gasteiger partial charge >= 0.3 is 0 Å². The number of carbonyl (C=O) groups is 1. The molecule has 0 saturated heterocycles. The molecule has 0 atom stereocenters. The quantitative estimate of drug-likeness (QED) is 0.848. The van der Waals surface area contributed by atoms with Crippen LogP contribution in [0.5, 0.6) is 0 Å². The summed E-state index contributed by atoms with van der Waals surface area (Å²) in [5.41, 5.74) is 0.710. The Balaban J connectivity index is 1.87. The van der Waals surface area contributed by atoms with Gasteiger partial charge in [-0.05, 0) is 52.7 Å². The van der Waals surface area contributed by atoms with Gasteiger partial charge in [0.2, 0.25) is 0 Å². The number of nitrogens with zero attached hydrogens (tertiary/aromatic N) is 1. The van der Waals surface area contributed by atoms with Crippen molar-refractivity contribution in [3.63, 3.8) is 0 Å². The molecule has 0 aromatic carbocycles. The fourth-order valence-electron chi connectivity index (χ4n) is 1.76. The molecule has 2 rings (SSSR count). The molecule has 17 heavy (non-hydrogen) atoms. The van der Waals surface area contributed by atoms with Crippen LogP contribution in [0.15, 0.2) is 22.8 Å². The van der Waals surface area contributed by atoms with Crippen LogP contribution >= 0.6 is 27.5 Å². The summed E-state index contributed by atoms with van der Waals surface area (Å²) in [7, 11) is 0. The van der Waals surface area contributed by atoms with Crippen molar-refractivity contribution in [2.75, 3.05) is 12.4 Å². The number of hydrogen-bond donors (Lipinski definition) is 1. The van der Waals surface area contributed by atoms with Gasteiger partial charge in [-0.15, -0.1) is 11.6 Å². The predicted molar refractivity (Wildman–Crippen MR) is 71.3 cm³/mol. The van der Waals surface area contributed by atoms with Crippen molar-refractivity contribution in [3.8, 4) is 0 Å². The lowest BCUT2D eigenvalue weighted by Crippen LogP contribution is -2.31. The van der Waals surface area contributed by atoms with E-state index in [1.807, 2.05) is 6.07 Å². The molecule has 0 aliphatic heterocycles. The number of amides is 1. The smallest absolute Gasteiger partial charge is 0.269 e. The first-order valence-electron chi connectivity index (χ1n) is 5.61. The molecule has 0 spiro atoms. The number of carbonyl (C=O) groups excluding carboxylic acids is 1. The highest BCUT2D eigenvalue weighted by Gasteiger charge is 2.41. The maximum atomic E-state index is 11.8. The van der Waals surface area contributed by atoms with Gasteiger partial charge in [0, 0.05) is 23.1 Å². The monoisotopic (exact) mass is 316 g/mol. The Morgan fingerprint density at radius 2 is 2.29 bits per heavy atom. The number of hydrogen-bond acceptors (Lipinski definition) is 2. The van der Waals surface area contributed by atoms with E-state index in [1.165, 1.54) is 0 Å². The Bertz CT molecular complexity index is 403. The number of halogens is 2. The Kier molecular flexibility index (Phi) is 4.05. The maximum absolute atomic E-state index is 11.8. The van der Waals surface area contributed by atoms with Crippen molar-refractivity contribution in [2.45, 2.75) is 19.3 Å². The van der Waals surface area contributed by atoms with Gasteiger partial charge in [-0.1, -0.05) is 0 Å². The van der Waals surface area contributed by atoms with Gasteiger partial charge in [-0.3, -0.25) is 4.79 Å². The number of alkyl halides is 1. The molecule has 5 heteroatoms. The highest BCUT2D eigenvalue weighted by molar-refractivity contribution is 9.10. The summed E-state index contributed by atoms with van der Waals surface area (Å²) in [5, 5.41) is 2.93. The zero-order valence-electron chi connectivity index (χ0n) is 9.38. The average molecular weight is 318 g/mol. The molecule has 1 aliphatic rings. The standard InChI is InChI=1S/C12H14BrClN2O/c13-9-1-2-10(15-7-9)11(17)16-8-12(3-4-12)5-6-14/h1-2,7H,3-6,8H2,(H,16,17). The lowest BCUT2D eigenvalue weighted by atomic mass is 10.0. The van der Waals surface area contributed by atoms with Crippen LogP contribution < -0.4 is 5.32 Å². The normalized spacial score (nSPS) is 16.6. The van der Waals surface area contributed by atoms with E-state index < -0.39 is 0 Å². The highest BCUT2D eigenvalue weighted by atomic mass is 79.9. The lowest BCUT2D eigenvalue weighted by Gasteiger charge is -2.14. The van der Waals surface area contributed by atoms with Gasteiger partial charge in [0.1, 0.15) is 5.69 Å². The van der Waals surface area contributed by atoms with Crippen molar-refractivity contribution in [1.82, 2.24) is 10.3 Å².